The smallest absolute Gasteiger partial charge is 0.261 e. The van der Waals surface area contributed by atoms with Gasteiger partial charge in [0.2, 0.25) is 0 Å². The highest BCUT2D eigenvalue weighted by Crippen LogP contribution is 2.21. The molecule has 4 nitrogen and oxygen atoms in total. The number of aryl methyl sites for hydroxylation is 3. The Morgan fingerprint density at radius 2 is 1.69 bits per heavy atom. The van der Waals surface area contributed by atoms with Crippen molar-refractivity contribution in [2.45, 2.75) is 66.8 Å². The van der Waals surface area contributed by atoms with Crippen LogP contribution in [0.2, 0.25) is 0 Å². The van der Waals surface area contributed by atoms with Crippen molar-refractivity contribution in [3.05, 3.63) is 98.0 Å². The summed E-state index contributed by atoms with van der Waals surface area (Å²) in [6, 6.07) is 15.8. The summed E-state index contributed by atoms with van der Waals surface area (Å²) < 4.78 is 2.14. The van der Waals surface area contributed by atoms with Gasteiger partial charge < -0.3 is 9.88 Å². The van der Waals surface area contributed by atoms with Gasteiger partial charge in [-0.3, -0.25) is 9.59 Å². The second-order valence-corrected chi connectivity index (χ2v) is 8.70. The number of nitrogens with one attached hydrogen (secondary N) is 1. The third-order valence-corrected chi connectivity index (χ3v) is 6.18. The lowest BCUT2D eigenvalue weighted by molar-refractivity contribution is 0.102. The molecular formula is C28H34N2O2. The van der Waals surface area contributed by atoms with Gasteiger partial charge in [0.1, 0.15) is 5.56 Å². The van der Waals surface area contributed by atoms with Gasteiger partial charge in [0.25, 0.3) is 5.91 Å². The minimum atomic E-state index is -0.326. The number of pyridine rings is 1. The summed E-state index contributed by atoms with van der Waals surface area (Å²) in [6.45, 7) is 10.8. The zero-order chi connectivity index (χ0) is 23.3. The van der Waals surface area contributed by atoms with E-state index in [1.165, 1.54) is 5.56 Å². The highest BCUT2D eigenvalue weighted by molar-refractivity contribution is 6.05. The summed E-state index contributed by atoms with van der Waals surface area (Å²) in [6.07, 6.45) is 3.78. The van der Waals surface area contributed by atoms with E-state index in [0.717, 1.165) is 53.0 Å². The maximum Gasteiger partial charge on any atom is 0.261 e. The molecule has 3 rings (SSSR count). The topological polar surface area (TPSA) is 51.1 Å². The largest absolute Gasteiger partial charge is 0.343 e. The van der Waals surface area contributed by atoms with Crippen LogP contribution in [0.3, 0.4) is 0 Å². The Kier molecular flexibility index (Phi) is 7.68. The van der Waals surface area contributed by atoms with E-state index in [9.17, 15) is 9.59 Å². The molecule has 0 fully saturated rings. The number of benzene rings is 2. The molecule has 0 saturated carbocycles. The van der Waals surface area contributed by atoms with Crippen LogP contribution in [0.4, 0.5) is 5.69 Å². The molecule has 0 aliphatic heterocycles. The van der Waals surface area contributed by atoms with Gasteiger partial charge in [0, 0.05) is 29.7 Å². The lowest BCUT2D eigenvalue weighted by Crippen LogP contribution is -2.29. The minimum absolute atomic E-state index is 0.211. The fourth-order valence-electron chi connectivity index (χ4n) is 4.04. The van der Waals surface area contributed by atoms with Crippen LogP contribution in [0.5, 0.6) is 0 Å². The molecule has 1 N–H and O–H groups in total. The van der Waals surface area contributed by atoms with Crippen LogP contribution in [-0.4, -0.2) is 10.5 Å². The van der Waals surface area contributed by atoms with Gasteiger partial charge in [0.05, 0.1) is 0 Å². The van der Waals surface area contributed by atoms with Gasteiger partial charge >= 0.3 is 0 Å². The zero-order valence-corrected chi connectivity index (χ0v) is 19.9. The van der Waals surface area contributed by atoms with E-state index in [0.29, 0.717) is 13.0 Å². The molecule has 32 heavy (non-hydrogen) atoms. The maximum atomic E-state index is 13.4. The number of rotatable bonds is 8. The SMILES string of the molecule is CCCCCc1c(C(=O)Nc2cccc(C)c2C)c(=O)cc(C)n1Cc1ccc(C)cc1. The second-order valence-electron chi connectivity index (χ2n) is 8.70. The molecule has 1 heterocycles. The first kappa shape index (κ1) is 23.5. The van der Waals surface area contributed by atoms with Crippen LogP contribution in [0.25, 0.3) is 0 Å². The van der Waals surface area contributed by atoms with Crippen LogP contribution >= 0.6 is 0 Å². The Bertz CT molecular complexity index is 1160. The van der Waals surface area contributed by atoms with E-state index in [1.54, 1.807) is 6.07 Å². The standard InChI is InChI=1S/C28H34N2O2/c1-6-7-8-12-25-27(28(32)29-24-11-9-10-20(3)22(24)5)26(31)17-21(4)30(25)18-23-15-13-19(2)14-16-23/h9-11,13-17H,6-8,12,18H2,1-5H3,(H,29,32). The van der Waals surface area contributed by atoms with Crippen LogP contribution in [0, 0.1) is 27.7 Å². The number of hydrogen-bond acceptors (Lipinski definition) is 2. The van der Waals surface area contributed by atoms with Crippen LogP contribution in [-0.2, 0) is 13.0 Å². The average Bonchev–Trinajstić information content (AvgIpc) is 2.75. The van der Waals surface area contributed by atoms with Crippen molar-refractivity contribution in [3.8, 4) is 0 Å². The monoisotopic (exact) mass is 430 g/mol. The van der Waals surface area contributed by atoms with Crippen molar-refractivity contribution in [2.75, 3.05) is 5.32 Å². The fourth-order valence-corrected chi connectivity index (χ4v) is 4.04. The van der Waals surface area contributed by atoms with Gasteiger partial charge in [-0.15, -0.1) is 0 Å². The van der Waals surface area contributed by atoms with Gasteiger partial charge in [-0.1, -0.05) is 61.7 Å². The number of carbonyl (C=O) groups is 1. The molecule has 2 aromatic carbocycles. The molecule has 0 aliphatic carbocycles. The van der Waals surface area contributed by atoms with Crippen molar-refractivity contribution in [2.24, 2.45) is 0 Å². The maximum absolute atomic E-state index is 13.4. The molecule has 0 radical (unpaired) electrons. The molecule has 0 unspecified atom stereocenters. The fraction of sp³-hybridized carbons (Fsp3) is 0.357. The quantitative estimate of drug-likeness (QED) is 0.438. The number of aromatic nitrogens is 1. The lowest BCUT2D eigenvalue weighted by Gasteiger charge is -2.21. The third kappa shape index (κ3) is 5.37. The van der Waals surface area contributed by atoms with E-state index in [1.807, 2.05) is 39.0 Å². The minimum Gasteiger partial charge on any atom is -0.343 e. The molecule has 0 saturated heterocycles. The van der Waals surface area contributed by atoms with E-state index in [-0.39, 0.29) is 16.9 Å². The summed E-state index contributed by atoms with van der Waals surface area (Å²) in [7, 11) is 0. The summed E-state index contributed by atoms with van der Waals surface area (Å²) in [5.41, 5.74) is 6.99. The number of amides is 1. The highest BCUT2D eigenvalue weighted by Gasteiger charge is 2.21. The van der Waals surface area contributed by atoms with Gasteiger partial charge in [-0.05, 0) is 63.3 Å². The molecule has 0 atom stereocenters. The Hall–Kier alpha value is -3.14. The predicted octanol–water partition coefficient (Wildman–Crippen LogP) is 6.12. The average molecular weight is 431 g/mol. The second kappa shape index (κ2) is 10.4. The molecule has 4 heteroatoms. The van der Waals surface area contributed by atoms with E-state index >= 15 is 0 Å². The van der Waals surface area contributed by atoms with E-state index in [2.05, 4.69) is 48.0 Å². The lowest BCUT2D eigenvalue weighted by atomic mass is 10.0. The van der Waals surface area contributed by atoms with Gasteiger partial charge in [-0.2, -0.15) is 0 Å². The highest BCUT2D eigenvalue weighted by atomic mass is 16.2. The first-order valence-electron chi connectivity index (χ1n) is 11.5. The summed E-state index contributed by atoms with van der Waals surface area (Å²) in [4.78, 5) is 26.4. The number of hydrogen-bond donors (Lipinski definition) is 1. The Balaban J connectivity index is 2.06. The van der Waals surface area contributed by atoms with Gasteiger partial charge in [-0.25, -0.2) is 0 Å². The normalized spacial score (nSPS) is 10.9. The third-order valence-electron chi connectivity index (χ3n) is 6.18. The summed E-state index contributed by atoms with van der Waals surface area (Å²) >= 11 is 0. The van der Waals surface area contributed by atoms with Gasteiger partial charge in [0.15, 0.2) is 5.43 Å². The Morgan fingerprint density at radius 3 is 2.38 bits per heavy atom. The van der Waals surface area contributed by atoms with Crippen LogP contribution < -0.4 is 10.7 Å². The van der Waals surface area contributed by atoms with Crippen molar-refractivity contribution >= 4 is 11.6 Å². The zero-order valence-electron chi connectivity index (χ0n) is 19.9. The van der Waals surface area contributed by atoms with Crippen molar-refractivity contribution in [1.82, 2.24) is 4.57 Å². The van der Waals surface area contributed by atoms with Crippen LogP contribution in [0.1, 0.15) is 70.2 Å². The summed E-state index contributed by atoms with van der Waals surface area (Å²) in [5, 5.41) is 3.00. The molecular weight excluding hydrogens is 396 g/mol. The first-order chi connectivity index (χ1) is 15.3. The number of anilines is 1. The summed E-state index contributed by atoms with van der Waals surface area (Å²) in [5.74, 6) is -0.326. The number of unbranched alkanes of at least 4 members (excludes halogenated alkanes) is 2. The van der Waals surface area contributed by atoms with E-state index < -0.39 is 0 Å². The Morgan fingerprint density at radius 1 is 0.969 bits per heavy atom. The molecule has 168 valence electrons. The molecule has 0 bridgehead atoms. The molecule has 1 amide bonds. The van der Waals surface area contributed by atoms with Crippen molar-refractivity contribution < 1.29 is 4.79 Å². The predicted molar refractivity (Wildman–Crippen MR) is 133 cm³/mol. The number of nitrogens with zero attached hydrogens (tertiary/aromatic N) is 1. The molecule has 3 aromatic rings. The number of carbonyl (C=O) groups excluding carboxylic acids is 1. The molecule has 0 spiro atoms. The van der Waals surface area contributed by atoms with Crippen molar-refractivity contribution in [1.29, 1.82) is 0 Å². The molecule has 0 aliphatic rings. The molecule has 1 aromatic heterocycles. The first-order valence-corrected chi connectivity index (χ1v) is 11.5. The van der Waals surface area contributed by atoms with E-state index in [4.69, 9.17) is 0 Å². The Labute approximate surface area is 191 Å². The van der Waals surface area contributed by atoms with Crippen LogP contribution in [0.15, 0.2) is 53.3 Å². The van der Waals surface area contributed by atoms with Crippen molar-refractivity contribution in [3.63, 3.8) is 0 Å².